The number of amides is 1. The van der Waals surface area contributed by atoms with Gasteiger partial charge < -0.3 is 5.32 Å². The summed E-state index contributed by atoms with van der Waals surface area (Å²) in [5.74, 6) is -0.461. The minimum atomic E-state index is -3.31. The Morgan fingerprint density at radius 3 is 2.31 bits per heavy atom. The highest BCUT2D eigenvalue weighted by Gasteiger charge is 2.17. The average molecular weight is 413 g/mol. The van der Waals surface area contributed by atoms with Crippen LogP contribution in [0.3, 0.4) is 0 Å². The Bertz CT molecular complexity index is 1200. The lowest BCUT2D eigenvalue weighted by Gasteiger charge is -2.11. The van der Waals surface area contributed by atoms with E-state index < -0.39 is 15.7 Å². The van der Waals surface area contributed by atoms with Gasteiger partial charge in [-0.1, -0.05) is 38.0 Å². The molecule has 8 heteroatoms. The Hall–Kier alpha value is -3.00. The number of rotatable bonds is 7. The van der Waals surface area contributed by atoms with Crippen molar-refractivity contribution in [3.63, 3.8) is 0 Å². The van der Waals surface area contributed by atoms with Gasteiger partial charge in [-0.25, -0.2) is 13.1 Å². The molecule has 2 aromatic carbocycles. The number of fused-ring (bicyclic) bond motifs is 1. The van der Waals surface area contributed by atoms with Crippen molar-refractivity contribution in [2.45, 2.75) is 37.6 Å². The molecule has 0 aliphatic rings. The Morgan fingerprint density at radius 1 is 1.03 bits per heavy atom. The van der Waals surface area contributed by atoms with Gasteiger partial charge >= 0.3 is 0 Å². The van der Waals surface area contributed by atoms with Gasteiger partial charge in [-0.2, -0.15) is 5.10 Å². The third-order valence-corrected chi connectivity index (χ3v) is 5.73. The fourth-order valence-electron chi connectivity index (χ4n) is 3.04. The lowest BCUT2D eigenvalue weighted by Crippen LogP contribution is -2.27. The smallest absolute Gasteiger partial charge is 0.276 e. The van der Waals surface area contributed by atoms with Crippen molar-refractivity contribution in [2.24, 2.45) is 0 Å². The molecule has 1 heterocycles. The molecule has 3 rings (SSSR count). The van der Waals surface area contributed by atoms with Crippen LogP contribution in [0.15, 0.2) is 58.2 Å². The molecule has 0 radical (unpaired) electrons. The second-order valence-corrected chi connectivity index (χ2v) is 8.90. The van der Waals surface area contributed by atoms with E-state index in [2.05, 4.69) is 17.3 Å². The van der Waals surface area contributed by atoms with Crippen LogP contribution in [-0.4, -0.2) is 30.4 Å². The fraction of sp³-hybridized carbons (Fsp3) is 0.286. The van der Waals surface area contributed by atoms with Crippen LogP contribution < -0.4 is 10.9 Å². The Kier molecular flexibility index (Phi) is 6.12. The number of aryl methyl sites for hydroxylation is 1. The van der Waals surface area contributed by atoms with Gasteiger partial charge in [0.15, 0.2) is 15.5 Å². The minimum Gasteiger partial charge on any atom is -0.321 e. The molecule has 0 bridgehead atoms. The molecule has 29 heavy (non-hydrogen) atoms. The van der Waals surface area contributed by atoms with E-state index >= 15 is 0 Å². The van der Waals surface area contributed by atoms with Gasteiger partial charge in [0.2, 0.25) is 0 Å². The van der Waals surface area contributed by atoms with Crippen molar-refractivity contribution in [3.8, 4) is 0 Å². The number of aromatic nitrogens is 2. The number of carbonyl (C=O) groups excluding carboxylic acids is 1. The van der Waals surface area contributed by atoms with Crippen molar-refractivity contribution < 1.29 is 13.2 Å². The molecule has 152 valence electrons. The van der Waals surface area contributed by atoms with Crippen molar-refractivity contribution in [3.05, 3.63) is 64.6 Å². The van der Waals surface area contributed by atoms with Crippen molar-refractivity contribution in [1.82, 2.24) is 9.78 Å². The largest absolute Gasteiger partial charge is 0.321 e. The number of nitrogens with one attached hydrogen (secondary N) is 1. The predicted octanol–water partition coefficient (Wildman–Crippen LogP) is 3.24. The zero-order valence-corrected chi connectivity index (χ0v) is 17.2. The van der Waals surface area contributed by atoms with Crippen LogP contribution in [0.5, 0.6) is 0 Å². The van der Waals surface area contributed by atoms with Gasteiger partial charge in [-0.15, -0.1) is 0 Å². The van der Waals surface area contributed by atoms with Crippen LogP contribution in [0.25, 0.3) is 10.8 Å². The van der Waals surface area contributed by atoms with Crippen LogP contribution in [0.4, 0.5) is 5.69 Å². The summed E-state index contributed by atoms with van der Waals surface area (Å²) in [6, 6.07) is 12.8. The SMILES string of the molecule is CCCCCn1nc(C(=O)Nc2ccc(S(C)(=O)=O)cc2)c2ccccc2c1=O. The number of nitrogens with zero attached hydrogens (tertiary/aromatic N) is 2. The maximum Gasteiger partial charge on any atom is 0.276 e. The fourth-order valence-corrected chi connectivity index (χ4v) is 3.67. The third-order valence-electron chi connectivity index (χ3n) is 4.60. The first kappa shape index (κ1) is 20.7. The molecule has 0 fully saturated rings. The summed E-state index contributed by atoms with van der Waals surface area (Å²) in [7, 11) is -3.31. The molecule has 0 atom stereocenters. The van der Waals surface area contributed by atoms with Gasteiger partial charge in [-0.05, 0) is 36.8 Å². The van der Waals surface area contributed by atoms with Gasteiger partial charge in [-0.3, -0.25) is 9.59 Å². The highest BCUT2D eigenvalue weighted by Crippen LogP contribution is 2.18. The predicted molar refractivity (Wildman–Crippen MR) is 113 cm³/mol. The molecule has 0 spiro atoms. The molecule has 1 amide bonds. The summed E-state index contributed by atoms with van der Waals surface area (Å²) in [6.45, 7) is 2.52. The van der Waals surface area contributed by atoms with Crippen LogP contribution in [-0.2, 0) is 16.4 Å². The van der Waals surface area contributed by atoms with E-state index in [1.807, 2.05) is 0 Å². The second kappa shape index (κ2) is 8.57. The normalized spacial score (nSPS) is 11.5. The first-order valence-corrected chi connectivity index (χ1v) is 11.3. The van der Waals surface area contributed by atoms with E-state index in [1.165, 1.54) is 28.9 Å². The second-order valence-electron chi connectivity index (χ2n) is 6.88. The lowest BCUT2D eigenvalue weighted by atomic mass is 10.1. The van der Waals surface area contributed by atoms with E-state index in [-0.39, 0.29) is 16.1 Å². The molecule has 3 aromatic rings. The van der Waals surface area contributed by atoms with Gasteiger partial charge in [0.25, 0.3) is 11.5 Å². The highest BCUT2D eigenvalue weighted by atomic mass is 32.2. The quantitative estimate of drug-likeness (QED) is 0.600. The Morgan fingerprint density at radius 2 is 1.69 bits per heavy atom. The summed E-state index contributed by atoms with van der Waals surface area (Å²) >= 11 is 0. The summed E-state index contributed by atoms with van der Waals surface area (Å²) in [4.78, 5) is 25.8. The lowest BCUT2D eigenvalue weighted by molar-refractivity contribution is 0.102. The highest BCUT2D eigenvalue weighted by molar-refractivity contribution is 7.90. The number of carbonyl (C=O) groups is 1. The molecule has 0 saturated heterocycles. The summed E-state index contributed by atoms with van der Waals surface area (Å²) in [5.41, 5.74) is 0.381. The minimum absolute atomic E-state index is 0.156. The van der Waals surface area contributed by atoms with Crippen molar-refractivity contribution in [1.29, 1.82) is 0 Å². The standard InChI is InChI=1S/C21H23N3O4S/c1-3-4-7-14-24-21(26)18-9-6-5-8-17(18)19(23-24)20(25)22-15-10-12-16(13-11-15)29(2,27)28/h5-6,8-13H,3-4,7,14H2,1-2H3,(H,22,25). The van der Waals surface area contributed by atoms with Gasteiger partial charge in [0.05, 0.1) is 10.3 Å². The van der Waals surface area contributed by atoms with Crippen molar-refractivity contribution >= 4 is 32.2 Å². The number of hydrogen-bond acceptors (Lipinski definition) is 5. The number of anilines is 1. The first-order chi connectivity index (χ1) is 13.8. The van der Waals surface area contributed by atoms with Crippen LogP contribution in [0.1, 0.15) is 36.7 Å². The van der Waals surface area contributed by atoms with Crippen LogP contribution in [0, 0.1) is 0 Å². The molecule has 0 aliphatic heterocycles. The molecular formula is C21H23N3O4S. The Balaban J connectivity index is 1.96. The topological polar surface area (TPSA) is 98.1 Å². The van der Waals surface area contributed by atoms with Gasteiger partial charge in [0, 0.05) is 23.9 Å². The summed E-state index contributed by atoms with van der Waals surface area (Å²) < 4.78 is 24.5. The molecule has 1 aromatic heterocycles. The molecule has 0 aliphatic carbocycles. The number of hydrogen-bond donors (Lipinski definition) is 1. The third kappa shape index (κ3) is 4.71. The van der Waals surface area contributed by atoms with E-state index in [0.29, 0.717) is 23.0 Å². The maximum absolute atomic E-state index is 12.9. The number of sulfone groups is 1. The summed E-state index contributed by atoms with van der Waals surface area (Å²) in [5, 5.41) is 7.98. The van der Waals surface area contributed by atoms with E-state index in [1.54, 1.807) is 24.3 Å². The van der Waals surface area contributed by atoms with Crippen molar-refractivity contribution in [2.75, 3.05) is 11.6 Å². The monoisotopic (exact) mass is 413 g/mol. The van der Waals surface area contributed by atoms with E-state index in [0.717, 1.165) is 25.5 Å². The molecule has 0 saturated carbocycles. The first-order valence-electron chi connectivity index (χ1n) is 9.42. The zero-order valence-electron chi connectivity index (χ0n) is 16.4. The molecule has 0 unspecified atom stereocenters. The molecule has 7 nitrogen and oxygen atoms in total. The summed E-state index contributed by atoms with van der Waals surface area (Å²) in [6.07, 6.45) is 3.91. The van der Waals surface area contributed by atoms with Crippen LogP contribution in [0.2, 0.25) is 0 Å². The molecule has 1 N–H and O–H groups in total. The van der Waals surface area contributed by atoms with E-state index in [9.17, 15) is 18.0 Å². The van der Waals surface area contributed by atoms with E-state index in [4.69, 9.17) is 0 Å². The van der Waals surface area contributed by atoms with Gasteiger partial charge in [0.1, 0.15) is 0 Å². The maximum atomic E-state index is 12.9. The average Bonchev–Trinajstić information content (AvgIpc) is 2.69. The Labute approximate surface area is 169 Å². The number of unbranched alkanes of at least 4 members (excludes halogenated alkanes) is 2. The number of benzene rings is 2. The molecular weight excluding hydrogens is 390 g/mol. The zero-order chi connectivity index (χ0) is 21.0. The van der Waals surface area contributed by atoms with Crippen LogP contribution >= 0.6 is 0 Å².